The van der Waals surface area contributed by atoms with Gasteiger partial charge in [-0.2, -0.15) is 0 Å². The first kappa shape index (κ1) is 27.3. The molecule has 194 valence electrons. The van der Waals surface area contributed by atoms with Crippen LogP contribution in [0.4, 0.5) is 4.79 Å². The van der Waals surface area contributed by atoms with Gasteiger partial charge in [0, 0.05) is 25.7 Å². The van der Waals surface area contributed by atoms with E-state index >= 15 is 0 Å². The fourth-order valence-electron chi connectivity index (χ4n) is 4.32. The maximum absolute atomic E-state index is 13.3. The third kappa shape index (κ3) is 6.30. The van der Waals surface area contributed by atoms with Gasteiger partial charge in [0.2, 0.25) is 5.91 Å². The highest BCUT2D eigenvalue weighted by Gasteiger charge is 2.51. The molecule has 0 unspecified atom stereocenters. The summed E-state index contributed by atoms with van der Waals surface area (Å²) in [6, 6.07) is 5.63. The highest BCUT2D eigenvalue weighted by atomic mass is 16.7. The molecule has 2 amide bonds. The molecule has 0 aliphatic carbocycles. The summed E-state index contributed by atoms with van der Waals surface area (Å²) in [7, 11) is 2.83. The molecule has 8 nitrogen and oxygen atoms in total. The van der Waals surface area contributed by atoms with Crippen LogP contribution in [0.2, 0.25) is 0 Å². The van der Waals surface area contributed by atoms with Crippen LogP contribution in [0.5, 0.6) is 5.75 Å². The molecular formula is C26H41BN2O6. The van der Waals surface area contributed by atoms with Crippen LogP contribution in [0.3, 0.4) is 0 Å². The first-order valence-corrected chi connectivity index (χ1v) is 12.4. The van der Waals surface area contributed by atoms with Crippen LogP contribution in [-0.4, -0.2) is 79.0 Å². The molecule has 3 rings (SSSR count). The molecule has 0 radical (unpaired) electrons. The number of ether oxygens (including phenoxy) is 2. The molecule has 2 saturated heterocycles. The molecule has 0 saturated carbocycles. The molecule has 9 heteroatoms. The maximum atomic E-state index is 13.3. The molecule has 2 aliphatic rings. The second-order valence-electron chi connectivity index (χ2n) is 11.6. The number of likely N-dealkylation sites (N-methyl/N-ethyl adjacent to an activating group) is 1. The van der Waals surface area contributed by atoms with Crippen molar-refractivity contribution >= 4 is 24.6 Å². The maximum Gasteiger partial charge on any atom is 0.494 e. The molecule has 1 aromatic rings. The lowest BCUT2D eigenvalue weighted by Crippen LogP contribution is -2.51. The van der Waals surface area contributed by atoms with Gasteiger partial charge in [-0.3, -0.25) is 4.79 Å². The van der Waals surface area contributed by atoms with E-state index in [0.29, 0.717) is 18.8 Å². The van der Waals surface area contributed by atoms with Crippen molar-refractivity contribution in [2.75, 3.05) is 27.2 Å². The number of likely N-dealkylation sites (tertiary alicyclic amines) is 1. The Morgan fingerprint density at radius 1 is 1.17 bits per heavy atom. The monoisotopic (exact) mass is 488 g/mol. The van der Waals surface area contributed by atoms with Crippen LogP contribution < -0.4 is 10.2 Å². The molecule has 1 aromatic carbocycles. The summed E-state index contributed by atoms with van der Waals surface area (Å²) < 4.78 is 23.4. The fourth-order valence-corrected chi connectivity index (χ4v) is 4.32. The number of piperidine rings is 1. The van der Waals surface area contributed by atoms with Crippen molar-refractivity contribution in [3.05, 3.63) is 23.8 Å². The summed E-state index contributed by atoms with van der Waals surface area (Å²) >= 11 is 0. The summed E-state index contributed by atoms with van der Waals surface area (Å²) in [5, 5.41) is 0. The van der Waals surface area contributed by atoms with Crippen molar-refractivity contribution < 1.29 is 28.4 Å². The molecule has 2 fully saturated rings. The van der Waals surface area contributed by atoms with E-state index in [4.69, 9.17) is 18.8 Å². The zero-order chi connectivity index (χ0) is 26.2. The van der Waals surface area contributed by atoms with Gasteiger partial charge in [-0.05, 0) is 72.8 Å². The minimum Gasteiger partial charge on any atom is -0.496 e. The zero-order valence-electron chi connectivity index (χ0n) is 22.8. The first-order valence-electron chi connectivity index (χ1n) is 12.4. The molecule has 2 aliphatic heterocycles. The lowest BCUT2D eigenvalue weighted by molar-refractivity contribution is -0.132. The zero-order valence-corrected chi connectivity index (χ0v) is 22.8. The average molecular weight is 488 g/mol. The standard InChI is InChI=1S/C26H41BN2O6/c1-24(2,3)33-23(31)28(8)20-11-10-14-29(17-20)22(30)16-18-15-19(12-13-21(18)32-9)27-34-25(4,5)26(6,7)35-27/h12-13,15,20H,10-11,14,16-17H2,1-9H3/t20-/m0/s1. The van der Waals surface area contributed by atoms with E-state index < -0.39 is 23.9 Å². The van der Waals surface area contributed by atoms with E-state index in [9.17, 15) is 9.59 Å². The Kier molecular flexibility index (Phi) is 7.82. The van der Waals surface area contributed by atoms with Gasteiger partial charge in [-0.25, -0.2) is 4.79 Å². The molecule has 2 heterocycles. The number of benzene rings is 1. The van der Waals surface area contributed by atoms with E-state index in [1.807, 2.05) is 71.6 Å². The number of rotatable bonds is 5. The Labute approximate surface area is 210 Å². The Morgan fingerprint density at radius 3 is 2.37 bits per heavy atom. The predicted molar refractivity (Wildman–Crippen MR) is 136 cm³/mol. The first-order chi connectivity index (χ1) is 16.1. The largest absolute Gasteiger partial charge is 0.496 e. The van der Waals surface area contributed by atoms with Gasteiger partial charge in [-0.15, -0.1) is 0 Å². The van der Waals surface area contributed by atoms with Gasteiger partial charge >= 0.3 is 13.2 Å². The Bertz CT molecular complexity index is 926. The number of hydrogen-bond acceptors (Lipinski definition) is 6. The van der Waals surface area contributed by atoms with Gasteiger partial charge < -0.3 is 28.6 Å². The molecule has 0 aromatic heterocycles. The summed E-state index contributed by atoms with van der Waals surface area (Å²) in [6.07, 6.45) is 1.49. The highest BCUT2D eigenvalue weighted by Crippen LogP contribution is 2.36. The number of hydrogen-bond donors (Lipinski definition) is 0. The number of methoxy groups -OCH3 is 1. The SMILES string of the molecule is COc1ccc(B2OC(C)(C)C(C)(C)O2)cc1CC(=O)N1CCC[C@H](N(C)C(=O)OC(C)(C)C)C1. The Balaban J connectivity index is 1.71. The van der Waals surface area contributed by atoms with Crippen LogP contribution in [-0.2, 0) is 25.3 Å². The van der Waals surface area contributed by atoms with E-state index in [-0.39, 0.29) is 24.5 Å². The normalized spacial score (nSPS) is 21.6. The lowest BCUT2D eigenvalue weighted by atomic mass is 9.78. The summed E-state index contributed by atoms with van der Waals surface area (Å²) in [6.45, 7) is 14.8. The van der Waals surface area contributed by atoms with Gasteiger partial charge in [0.1, 0.15) is 11.4 Å². The van der Waals surface area contributed by atoms with Crippen molar-refractivity contribution in [1.82, 2.24) is 9.80 Å². The Hall–Kier alpha value is -2.26. The summed E-state index contributed by atoms with van der Waals surface area (Å²) in [4.78, 5) is 29.3. The molecule has 1 atom stereocenters. The third-order valence-corrected chi connectivity index (χ3v) is 7.15. The van der Waals surface area contributed by atoms with Gasteiger partial charge in [0.05, 0.1) is 30.8 Å². The van der Waals surface area contributed by atoms with Crippen LogP contribution in [0.25, 0.3) is 0 Å². The minimum absolute atomic E-state index is 0.00310. The topological polar surface area (TPSA) is 77.5 Å². The molecule has 0 spiro atoms. The van der Waals surface area contributed by atoms with Gasteiger partial charge in [0.15, 0.2) is 0 Å². The Morgan fingerprint density at radius 2 is 1.80 bits per heavy atom. The quantitative estimate of drug-likeness (QED) is 0.592. The average Bonchev–Trinajstić information content (AvgIpc) is 2.99. The second-order valence-corrected chi connectivity index (χ2v) is 11.6. The summed E-state index contributed by atoms with van der Waals surface area (Å²) in [5.74, 6) is 0.648. The second kappa shape index (κ2) is 10.0. The highest BCUT2D eigenvalue weighted by molar-refractivity contribution is 6.62. The van der Waals surface area contributed by atoms with Crippen LogP contribution >= 0.6 is 0 Å². The molecule has 35 heavy (non-hydrogen) atoms. The van der Waals surface area contributed by atoms with Gasteiger partial charge in [0.25, 0.3) is 0 Å². The van der Waals surface area contributed by atoms with Crippen molar-refractivity contribution in [2.45, 2.75) is 90.6 Å². The fraction of sp³-hybridized carbons (Fsp3) is 0.692. The van der Waals surface area contributed by atoms with Gasteiger partial charge in [-0.1, -0.05) is 12.1 Å². The van der Waals surface area contributed by atoms with E-state index in [1.54, 1.807) is 19.1 Å². The van der Waals surface area contributed by atoms with Crippen LogP contribution in [0.15, 0.2) is 18.2 Å². The van der Waals surface area contributed by atoms with Crippen LogP contribution in [0, 0.1) is 0 Å². The number of carbonyl (C=O) groups is 2. The van der Waals surface area contributed by atoms with E-state index in [2.05, 4.69) is 0 Å². The predicted octanol–water partition coefficient (Wildman–Crippen LogP) is 3.39. The van der Waals surface area contributed by atoms with Crippen molar-refractivity contribution in [1.29, 1.82) is 0 Å². The minimum atomic E-state index is -0.561. The van der Waals surface area contributed by atoms with E-state index in [1.165, 1.54) is 0 Å². The van der Waals surface area contributed by atoms with Crippen molar-refractivity contribution in [2.24, 2.45) is 0 Å². The third-order valence-electron chi connectivity index (χ3n) is 7.15. The number of amides is 2. The molecule has 0 bridgehead atoms. The molecular weight excluding hydrogens is 447 g/mol. The smallest absolute Gasteiger partial charge is 0.494 e. The number of nitrogens with zero attached hydrogens (tertiary/aromatic N) is 2. The summed E-state index contributed by atoms with van der Waals surface area (Å²) in [5.41, 5.74) is 0.183. The van der Waals surface area contributed by atoms with Crippen molar-refractivity contribution in [3.63, 3.8) is 0 Å². The lowest BCUT2D eigenvalue weighted by Gasteiger charge is -2.38. The van der Waals surface area contributed by atoms with Crippen molar-refractivity contribution in [3.8, 4) is 5.75 Å². The van der Waals surface area contributed by atoms with Crippen LogP contribution in [0.1, 0.15) is 66.9 Å². The van der Waals surface area contributed by atoms with E-state index in [0.717, 1.165) is 23.9 Å². The number of carbonyl (C=O) groups excluding carboxylic acids is 2. The molecule has 0 N–H and O–H groups in total.